The van der Waals surface area contributed by atoms with Crippen LogP contribution in [0.5, 0.6) is 0 Å². The molecule has 1 heterocycles. The van der Waals surface area contributed by atoms with E-state index in [4.69, 9.17) is 0 Å². The lowest BCUT2D eigenvalue weighted by Gasteiger charge is -2.30. The van der Waals surface area contributed by atoms with Gasteiger partial charge in [-0.15, -0.1) is 0 Å². The Labute approximate surface area is 121 Å². The molecular weight excluding hydrogens is 254 g/mol. The normalized spacial score (nSPS) is 26.6. The molecule has 2 aliphatic rings. The Kier molecular flexibility index (Phi) is 5.16. The number of hydrogen-bond acceptors (Lipinski definition) is 4. The van der Waals surface area contributed by atoms with Crippen LogP contribution in [0.25, 0.3) is 0 Å². The standard InChI is InChI=1S/C15H27N3O2/c1-11(10-17(2)3)16-13-9-14(19)18(15(13)20)12-7-5-4-6-8-12/h11-13,16H,4-10H2,1-3H3. The van der Waals surface area contributed by atoms with Crippen LogP contribution in [0.1, 0.15) is 45.4 Å². The van der Waals surface area contributed by atoms with Crippen LogP contribution in [0.3, 0.4) is 0 Å². The fourth-order valence-corrected chi connectivity index (χ4v) is 3.45. The van der Waals surface area contributed by atoms with Crippen LogP contribution in [0.15, 0.2) is 0 Å². The lowest BCUT2D eigenvalue weighted by atomic mass is 9.94. The van der Waals surface area contributed by atoms with Crippen LogP contribution in [0, 0.1) is 0 Å². The molecular formula is C15H27N3O2. The second kappa shape index (κ2) is 6.68. The molecule has 0 bridgehead atoms. The molecule has 0 aromatic heterocycles. The van der Waals surface area contributed by atoms with Gasteiger partial charge in [-0.25, -0.2) is 0 Å². The van der Waals surface area contributed by atoms with Crippen molar-refractivity contribution in [3.05, 3.63) is 0 Å². The predicted molar refractivity (Wildman–Crippen MR) is 78.3 cm³/mol. The zero-order valence-electron chi connectivity index (χ0n) is 12.9. The summed E-state index contributed by atoms with van der Waals surface area (Å²) in [4.78, 5) is 28.3. The van der Waals surface area contributed by atoms with E-state index in [2.05, 4.69) is 17.1 Å². The van der Waals surface area contributed by atoms with E-state index in [0.717, 1.165) is 32.2 Å². The van der Waals surface area contributed by atoms with Crippen molar-refractivity contribution in [3.63, 3.8) is 0 Å². The Hall–Kier alpha value is -0.940. The molecule has 0 aromatic carbocycles. The summed E-state index contributed by atoms with van der Waals surface area (Å²) in [6, 6.07) is 0.0390. The number of nitrogens with zero attached hydrogens (tertiary/aromatic N) is 2. The van der Waals surface area contributed by atoms with E-state index >= 15 is 0 Å². The molecule has 0 radical (unpaired) electrons. The van der Waals surface area contributed by atoms with Gasteiger partial charge in [0, 0.05) is 18.6 Å². The minimum absolute atomic E-state index is 0.00694. The molecule has 1 aliphatic heterocycles. The Morgan fingerprint density at radius 1 is 1.25 bits per heavy atom. The van der Waals surface area contributed by atoms with E-state index in [9.17, 15) is 9.59 Å². The largest absolute Gasteiger partial charge is 0.308 e. The summed E-state index contributed by atoms with van der Waals surface area (Å²) < 4.78 is 0. The second-order valence-electron chi connectivity index (χ2n) is 6.48. The number of imide groups is 1. The summed E-state index contributed by atoms with van der Waals surface area (Å²) in [6.07, 6.45) is 5.80. The van der Waals surface area contributed by atoms with Crippen molar-refractivity contribution < 1.29 is 9.59 Å². The Bertz CT molecular complexity index is 364. The van der Waals surface area contributed by atoms with E-state index in [1.807, 2.05) is 14.1 Å². The molecule has 0 spiro atoms. The van der Waals surface area contributed by atoms with Gasteiger partial charge in [0.1, 0.15) is 0 Å². The maximum absolute atomic E-state index is 12.5. The van der Waals surface area contributed by atoms with Gasteiger partial charge in [0.25, 0.3) is 0 Å². The summed E-state index contributed by atoms with van der Waals surface area (Å²) in [5.41, 5.74) is 0. The number of amides is 2. The van der Waals surface area contributed by atoms with Crippen LogP contribution in [0.2, 0.25) is 0 Å². The molecule has 0 aromatic rings. The molecule has 1 saturated carbocycles. The minimum atomic E-state index is -0.320. The van der Waals surface area contributed by atoms with Gasteiger partial charge >= 0.3 is 0 Å². The fraction of sp³-hybridized carbons (Fsp3) is 0.867. The van der Waals surface area contributed by atoms with Crippen LogP contribution in [-0.2, 0) is 9.59 Å². The van der Waals surface area contributed by atoms with Gasteiger partial charge in [-0.05, 0) is 33.9 Å². The van der Waals surface area contributed by atoms with Crippen molar-refractivity contribution in [2.24, 2.45) is 0 Å². The van der Waals surface area contributed by atoms with Crippen molar-refractivity contribution in [1.82, 2.24) is 15.1 Å². The molecule has 1 N–H and O–H groups in total. The van der Waals surface area contributed by atoms with Gasteiger partial charge in [0.15, 0.2) is 0 Å². The molecule has 1 saturated heterocycles. The van der Waals surface area contributed by atoms with E-state index in [-0.39, 0.29) is 29.9 Å². The number of carbonyl (C=O) groups is 2. The lowest BCUT2D eigenvalue weighted by Crippen LogP contribution is -2.48. The smallest absolute Gasteiger partial charge is 0.247 e. The number of nitrogens with one attached hydrogen (secondary N) is 1. The molecule has 2 fully saturated rings. The Balaban J connectivity index is 1.94. The maximum atomic E-state index is 12.5. The van der Waals surface area contributed by atoms with Crippen molar-refractivity contribution in [2.75, 3.05) is 20.6 Å². The monoisotopic (exact) mass is 281 g/mol. The Morgan fingerprint density at radius 2 is 1.90 bits per heavy atom. The van der Waals surface area contributed by atoms with Crippen molar-refractivity contribution in [3.8, 4) is 0 Å². The van der Waals surface area contributed by atoms with Gasteiger partial charge in [0.05, 0.1) is 12.5 Å². The van der Waals surface area contributed by atoms with Crippen molar-refractivity contribution >= 4 is 11.8 Å². The highest BCUT2D eigenvalue weighted by Crippen LogP contribution is 2.27. The van der Waals surface area contributed by atoms with E-state index in [0.29, 0.717) is 6.42 Å². The maximum Gasteiger partial charge on any atom is 0.247 e. The first-order valence-corrected chi connectivity index (χ1v) is 7.75. The van der Waals surface area contributed by atoms with Gasteiger partial charge in [-0.2, -0.15) is 0 Å². The number of carbonyl (C=O) groups excluding carboxylic acids is 2. The zero-order valence-corrected chi connectivity index (χ0v) is 12.9. The molecule has 2 amide bonds. The lowest BCUT2D eigenvalue weighted by molar-refractivity contribution is -0.142. The summed E-state index contributed by atoms with van der Waals surface area (Å²) >= 11 is 0. The molecule has 2 rings (SSSR count). The SMILES string of the molecule is CC(CN(C)C)NC1CC(=O)N(C2CCCCC2)C1=O. The molecule has 1 aliphatic carbocycles. The van der Waals surface area contributed by atoms with E-state index in [1.54, 1.807) is 4.90 Å². The molecule has 2 unspecified atom stereocenters. The third-order valence-corrected chi connectivity index (χ3v) is 4.25. The van der Waals surface area contributed by atoms with Crippen LogP contribution in [-0.4, -0.2) is 60.4 Å². The summed E-state index contributed by atoms with van der Waals surface area (Å²) in [5, 5.41) is 3.31. The molecule has 2 atom stereocenters. The van der Waals surface area contributed by atoms with Crippen LogP contribution in [0.4, 0.5) is 0 Å². The van der Waals surface area contributed by atoms with Gasteiger partial charge in [0.2, 0.25) is 11.8 Å². The second-order valence-corrected chi connectivity index (χ2v) is 6.48. The number of hydrogen-bond donors (Lipinski definition) is 1. The average Bonchev–Trinajstić information content (AvgIpc) is 2.64. The highest BCUT2D eigenvalue weighted by molar-refractivity contribution is 6.05. The summed E-state index contributed by atoms with van der Waals surface area (Å²) in [7, 11) is 4.02. The van der Waals surface area contributed by atoms with Crippen molar-refractivity contribution in [1.29, 1.82) is 0 Å². The quantitative estimate of drug-likeness (QED) is 0.764. The summed E-state index contributed by atoms with van der Waals surface area (Å²) in [6.45, 7) is 2.92. The third-order valence-electron chi connectivity index (χ3n) is 4.25. The van der Waals surface area contributed by atoms with Gasteiger partial charge in [-0.3, -0.25) is 14.5 Å². The third kappa shape index (κ3) is 3.58. The number of likely N-dealkylation sites (tertiary alicyclic amines) is 1. The first-order valence-electron chi connectivity index (χ1n) is 7.75. The highest BCUT2D eigenvalue weighted by atomic mass is 16.2. The number of rotatable bonds is 5. The van der Waals surface area contributed by atoms with Gasteiger partial charge in [-0.1, -0.05) is 19.3 Å². The van der Waals surface area contributed by atoms with Crippen LogP contribution < -0.4 is 5.32 Å². The van der Waals surface area contributed by atoms with Crippen molar-refractivity contribution in [2.45, 2.75) is 63.6 Å². The Morgan fingerprint density at radius 3 is 2.50 bits per heavy atom. The minimum Gasteiger partial charge on any atom is -0.308 e. The summed E-state index contributed by atoms with van der Waals surface area (Å²) in [5.74, 6) is 0.00367. The van der Waals surface area contributed by atoms with Gasteiger partial charge < -0.3 is 10.2 Å². The highest BCUT2D eigenvalue weighted by Gasteiger charge is 2.42. The molecule has 5 nitrogen and oxygen atoms in total. The van der Waals surface area contributed by atoms with E-state index < -0.39 is 0 Å². The zero-order chi connectivity index (χ0) is 14.7. The number of likely N-dealkylation sites (N-methyl/N-ethyl adjacent to an activating group) is 1. The topological polar surface area (TPSA) is 52.7 Å². The average molecular weight is 281 g/mol. The molecule has 114 valence electrons. The van der Waals surface area contributed by atoms with Crippen LogP contribution >= 0.6 is 0 Å². The molecule has 5 heteroatoms. The fourth-order valence-electron chi connectivity index (χ4n) is 3.45. The first-order chi connectivity index (χ1) is 9.49. The molecule has 20 heavy (non-hydrogen) atoms. The predicted octanol–water partition coefficient (Wildman–Crippen LogP) is 0.986. The first kappa shape index (κ1) is 15.4. The van der Waals surface area contributed by atoms with E-state index in [1.165, 1.54) is 6.42 Å².